The number of hydrogen-bond donors (Lipinski definition) is 3. The predicted molar refractivity (Wildman–Crippen MR) is 104 cm³/mol. The maximum atomic E-state index is 11.8. The third-order valence-corrected chi connectivity index (χ3v) is 4.80. The number of sulfonamides is 1. The highest BCUT2D eigenvalue weighted by molar-refractivity contribution is 7.89. The van der Waals surface area contributed by atoms with Crippen molar-refractivity contribution >= 4 is 33.4 Å². The Hall–Kier alpha value is -2.62. The van der Waals surface area contributed by atoms with Gasteiger partial charge in [0, 0.05) is 11.6 Å². The van der Waals surface area contributed by atoms with Crippen molar-refractivity contribution in [3.05, 3.63) is 59.1 Å². The molecule has 8 nitrogen and oxygen atoms in total. The number of nitrogens with two attached hydrogens (primary N) is 1. The van der Waals surface area contributed by atoms with Crippen LogP contribution in [0.15, 0.2) is 53.4 Å². The van der Waals surface area contributed by atoms with E-state index in [1.165, 1.54) is 12.1 Å². The van der Waals surface area contributed by atoms with Crippen LogP contribution in [0.4, 0.5) is 0 Å². The summed E-state index contributed by atoms with van der Waals surface area (Å²) in [5.74, 6) is -0.276. The smallest absolute Gasteiger partial charge is 0.258 e. The minimum absolute atomic E-state index is 0.0313. The van der Waals surface area contributed by atoms with Gasteiger partial charge in [-0.05, 0) is 48.4 Å². The van der Waals surface area contributed by atoms with E-state index >= 15 is 0 Å². The third-order valence-electron chi connectivity index (χ3n) is 3.62. The van der Waals surface area contributed by atoms with Crippen molar-refractivity contribution in [2.45, 2.75) is 11.3 Å². The molecule has 150 valence electrons. The zero-order valence-electron chi connectivity index (χ0n) is 14.9. The van der Waals surface area contributed by atoms with Crippen molar-refractivity contribution in [1.29, 1.82) is 0 Å². The largest absolute Gasteiger partial charge is 0.484 e. The van der Waals surface area contributed by atoms with Crippen molar-refractivity contribution in [2.24, 2.45) is 5.14 Å². The van der Waals surface area contributed by atoms with E-state index in [4.69, 9.17) is 21.5 Å². The molecule has 2 rings (SSSR count). The Labute approximate surface area is 168 Å². The van der Waals surface area contributed by atoms with Crippen LogP contribution in [0.1, 0.15) is 5.56 Å². The van der Waals surface area contributed by atoms with Crippen LogP contribution in [0.3, 0.4) is 0 Å². The molecule has 2 aromatic carbocycles. The highest BCUT2D eigenvalue weighted by Crippen LogP contribution is 2.15. The lowest BCUT2D eigenvalue weighted by atomic mass is 10.1. The van der Waals surface area contributed by atoms with Crippen LogP contribution in [0.25, 0.3) is 0 Å². The SMILES string of the molecule is NS(=O)(=O)c1ccc(CCNC(=O)CNC(=O)COc2ccc(Cl)cc2)cc1. The first kappa shape index (κ1) is 21.7. The number of ether oxygens (including phenoxy) is 1. The summed E-state index contributed by atoms with van der Waals surface area (Å²) < 4.78 is 27.6. The number of nitrogens with one attached hydrogen (secondary N) is 2. The number of hydrogen-bond acceptors (Lipinski definition) is 5. The van der Waals surface area contributed by atoms with Crippen molar-refractivity contribution in [2.75, 3.05) is 19.7 Å². The van der Waals surface area contributed by atoms with E-state index < -0.39 is 15.9 Å². The predicted octanol–water partition coefficient (Wildman–Crippen LogP) is 0.841. The van der Waals surface area contributed by atoms with Gasteiger partial charge in [0.05, 0.1) is 11.4 Å². The number of amides is 2. The summed E-state index contributed by atoms with van der Waals surface area (Å²) in [7, 11) is -3.72. The molecule has 0 heterocycles. The molecule has 2 aromatic rings. The molecule has 10 heteroatoms. The molecule has 0 bridgehead atoms. The Bertz CT molecular complexity index is 915. The van der Waals surface area contributed by atoms with E-state index in [-0.39, 0.29) is 24.0 Å². The lowest BCUT2D eigenvalue weighted by molar-refractivity contribution is -0.127. The normalized spacial score (nSPS) is 10.9. The average molecular weight is 426 g/mol. The topological polar surface area (TPSA) is 128 Å². The second kappa shape index (κ2) is 10.1. The van der Waals surface area contributed by atoms with Crippen LogP contribution in [0, 0.1) is 0 Å². The first-order valence-electron chi connectivity index (χ1n) is 8.27. The Morgan fingerprint density at radius 2 is 1.61 bits per heavy atom. The van der Waals surface area contributed by atoms with Crippen molar-refractivity contribution in [1.82, 2.24) is 10.6 Å². The number of carbonyl (C=O) groups is 2. The number of primary sulfonamides is 1. The maximum Gasteiger partial charge on any atom is 0.258 e. The Kier molecular flexibility index (Phi) is 7.80. The summed E-state index contributed by atoms with van der Waals surface area (Å²) in [6, 6.07) is 12.6. The van der Waals surface area contributed by atoms with Crippen LogP contribution >= 0.6 is 11.6 Å². The summed E-state index contributed by atoms with van der Waals surface area (Å²) in [6.45, 7) is -0.0524. The molecule has 0 radical (unpaired) electrons. The number of halogens is 1. The second-order valence-corrected chi connectivity index (χ2v) is 7.81. The van der Waals surface area contributed by atoms with E-state index in [1.54, 1.807) is 36.4 Å². The summed E-state index contributed by atoms with van der Waals surface area (Å²) in [5, 5.41) is 10.7. The second-order valence-electron chi connectivity index (χ2n) is 5.81. The summed E-state index contributed by atoms with van der Waals surface area (Å²) in [4.78, 5) is 23.5. The molecule has 0 aliphatic rings. The highest BCUT2D eigenvalue weighted by Gasteiger charge is 2.08. The van der Waals surface area contributed by atoms with Gasteiger partial charge in [0.25, 0.3) is 5.91 Å². The van der Waals surface area contributed by atoms with Crippen molar-refractivity contribution in [3.63, 3.8) is 0 Å². The molecule has 2 amide bonds. The van der Waals surface area contributed by atoms with Crippen LogP contribution in [-0.4, -0.2) is 39.9 Å². The van der Waals surface area contributed by atoms with Gasteiger partial charge in [0.15, 0.2) is 6.61 Å². The quantitative estimate of drug-likeness (QED) is 0.548. The fourth-order valence-electron chi connectivity index (χ4n) is 2.16. The third kappa shape index (κ3) is 7.55. The van der Waals surface area contributed by atoms with E-state index in [0.717, 1.165) is 5.56 Å². The van der Waals surface area contributed by atoms with Gasteiger partial charge in [-0.3, -0.25) is 9.59 Å². The molecule has 4 N–H and O–H groups in total. The van der Waals surface area contributed by atoms with Gasteiger partial charge in [0.1, 0.15) is 5.75 Å². The van der Waals surface area contributed by atoms with Crippen LogP contribution in [0.5, 0.6) is 5.75 Å². The van der Waals surface area contributed by atoms with E-state index in [0.29, 0.717) is 23.7 Å². The Morgan fingerprint density at radius 3 is 2.21 bits per heavy atom. The van der Waals surface area contributed by atoms with Gasteiger partial charge in [-0.1, -0.05) is 23.7 Å². The van der Waals surface area contributed by atoms with Gasteiger partial charge < -0.3 is 15.4 Å². The van der Waals surface area contributed by atoms with Crippen molar-refractivity contribution < 1.29 is 22.7 Å². The van der Waals surface area contributed by atoms with E-state index in [2.05, 4.69) is 10.6 Å². The lowest BCUT2D eigenvalue weighted by Crippen LogP contribution is -2.39. The summed E-state index contributed by atoms with van der Waals surface area (Å²) in [5.41, 5.74) is 0.841. The average Bonchev–Trinajstić information content (AvgIpc) is 2.65. The molecule has 0 atom stereocenters. The molecule has 0 spiro atoms. The summed E-state index contributed by atoms with van der Waals surface area (Å²) >= 11 is 5.76. The maximum absolute atomic E-state index is 11.8. The molecular formula is C18H20ClN3O5S. The van der Waals surface area contributed by atoms with Gasteiger partial charge in [-0.15, -0.1) is 0 Å². The molecule has 0 saturated heterocycles. The molecule has 0 aliphatic heterocycles. The molecular weight excluding hydrogens is 406 g/mol. The Morgan fingerprint density at radius 1 is 0.964 bits per heavy atom. The zero-order chi connectivity index (χ0) is 20.6. The van der Waals surface area contributed by atoms with Gasteiger partial charge in [-0.2, -0.15) is 0 Å². The van der Waals surface area contributed by atoms with E-state index in [1.807, 2.05) is 0 Å². The number of carbonyl (C=O) groups excluding carboxylic acids is 2. The van der Waals surface area contributed by atoms with Crippen LogP contribution in [0.2, 0.25) is 5.02 Å². The van der Waals surface area contributed by atoms with Gasteiger partial charge in [0.2, 0.25) is 15.9 Å². The molecule has 0 aromatic heterocycles. The fraction of sp³-hybridized carbons (Fsp3) is 0.222. The highest BCUT2D eigenvalue weighted by atomic mass is 35.5. The minimum Gasteiger partial charge on any atom is -0.484 e. The number of benzene rings is 2. The first-order chi connectivity index (χ1) is 13.2. The van der Waals surface area contributed by atoms with Gasteiger partial charge in [-0.25, -0.2) is 13.6 Å². The fourth-order valence-corrected chi connectivity index (χ4v) is 2.81. The monoisotopic (exact) mass is 425 g/mol. The molecule has 0 aliphatic carbocycles. The molecule has 28 heavy (non-hydrogen) atoms. The molecule has 0 unspecified atom stereocenters. The van der Waals surface area contributed by atoms with Crippen molar-refractivity contribution in [3.8, 4) is 5.75 Å². The van der Waals surface area contributed by atoms with Crippen LogP contribution < -0.4 is 20.5 Å². The first-order valence-corrected chi connectivity index (χ1v) is 10.2. The van der Waals surface area contributed by atoms with Gasteiger partial charge >= 0.3 is 0 Å². The molecule has 0 saturated carbocycles. The minimum atomic E-state index is -3.72. The molecule has 0 fully saturated rings. The number of rotatable bonds is 9. The zero-order valence-corrected chi connectivity index (χ0v) is 16.4. The standard InChI is InChI=1S/C18H20ClN3O5S/c19-14-3-5-15(6-4-14)27-12-18(24)22-11-17(23)21-10-9-13-1-7-16(8-2-13)28(20,25)26/h1-8H,9-12H2,(H,21,23)(H,22,24)(H2,20,25,26). The van der Waals surface area contributed by atoms with E-state index in [9.17, 15) is 18.0 Å². The van der Waals surface area contributed by atoms with Crippen LogP contribution in [-0.2, 0) is 26.0 Å². The lowest BCUT2D eigenvalue weighted by Gasteiger charge is -2.09. The summed E-state index contributed by atoms with van der Waals surface area (Å²) in [6.07, 6.45) is 0.504. The Balaban J connectivity index is 1.64.